The summed E-state index contributed by atoms with van der Waals surface area (Å²) in [5.41, 5.74) is 0. The second-order valence-corrected chi connectivity index (χ2v) is 5.20. The molecule has 1 aliphatic heterocycles. The Labute approximate surface area is 84.6 Å². The van der Waals surface area contributed by atoms with Gasteiger partial charge < -0.3 is 0 Å². The zero-order valence-corrected chi connectivity index (χ0v) is 9.34. The van der Waals surface area contributed by atoms with Gasteiger partial charge in [0, 0.05) is 14.1 Å². The minimum atomic E-state index is -0.575. The standard InChI is InChI=1S/C8H12N2O3S/c1-9-6(11)5(14(3)4)7(12)10(2)8(9)13/h1-4H3. The van der Waals surface area contributed by atoms with Crippen molar-refractivity contribution in [3.05, 3.63) is 0 Å². The normalized spacial score (nSPS) is 18.6. The van der Waals surface area contributed by atoms with Crippen molar-refractivity contribution in [3.63, 3.8) is 0 Å². The summed E-state index contributed by atoms with van der Waals surface area (Å²) in [5, 5.41) is 0. The van der Waals surface area contributed by atoms with Crippen molar-refractivity contribution < 1.29 is 14.4 Å². The molecular weight excluding hydrogens is 204 g/mol. The number of urea groups is 1. The lowest BCUT2D eigenvalue weighted by atomic mass is 10.3. The maximum absolute atomic E-state index is 11.6. The Bertz CT molecular complexity index is 332. The van der Waals surface area contributed by atoms with Crippen LogP contribution in [0.15, 0.2) is 0 Å². The van der Waals surface area contributed by atoms with Gasteiger partial charge in [-0.05, 0) is 12.5 Å². The van der Waals surface area contributed by atoms with E-state index in [0.717, 1.165) is 9.80 Å². The summed E-state index contributed by atoms with van der Waals surface area (Å²) >= 11 is 0. The molecule has 0 aliphatic carbocycles. The van der Waals surface area contributed by atoms with Gasteiger partial charge in [0.1, 0.15) is 4.86 Å². The SMILES string of the molecule is CN1C(=O)C(=S(C)C)C(=O)N(C)C1=O. The van der Waals surface area contributed by atoms with Gasteiger partial charge in [-0.25, -0.2) is 4.79 Å². The van der Waals surface area contributed by atoms with Crippen LogP contribution in [-0.2, 0) is 9.59 Å². The van der Waals surface area contributed by atoms with Crippen LogP contribution < -0.4 is 0 Å². The van der Waals surface area contributed by atoms with Crippen LogP contribution in [0.2, 0.25) is 0 Å². The highest BCUT2D eigenvalue weighted by atomic mass is 32.2. The van der Waals surface area contributed by atoms with E-state index in [9.17, 15) is 14.4 Å². The van der Waals surface area contributed by atoms with E-state index in [-0.39, 0.29) is 4.86 Å². The summed E-state index contributed by atoms with van der Waals surface area (Å²) in [4.78, 5) is 36.5. The van der Waals surface area contributed by atoms with Crippen molar-refractivity contribution in [3.8, 4) is 0 Å². The van der Waals surface area contributed by atoms with E-state index in [1.165, 1.54) is 14.1 Å². The number of rotatable bonds is 0. The van der Waals surface area contributed by atoms with Gasteiger partial charge in [-0.15, -0.1) is 0 Å². The second kappa shape index (κ2) is 3.53. The van der Waals surface area contributed by atoms with Gasteiger partial charge in [-0.2, -0.15) is 10.5 Å². The minimum Gasteiger partial charge on any atom is -0.268 e. The van der Waals surface area contributed by atoms with Crippen LogP contribution in [0.4, 0.5) is 4.79 Å². The molecule has 0 aromatic carbocycles. The molecule has 0 saturated carbocycles. The topological polar surface area (TPSA) is 57.7 Å². The Kier molecular flexibility index (Phi) is 2.75. The van der Waals surface area contributed by atoms with Crippen molar-refractivity contribution in [1.29, 1.82) is 0 Å². The third-order valence-corrected chi connectivity index (χ3v) is 3.15. The monoisotopic (exact) mass is 216 g/mol. The molecular formula is C8H12N2O3S. The molecule has 1 aliphatic rings. The molecule has 5 nitrogen and oxygen atoms in total. The fraction of sp³-hybridized carbons (Fsp3) is 0.500. The smallest absolute Gasteiger partial charge is 0.268 e. The number of nitrogens with zero attached hydrogens (tertiary/aromatic N) is 2. The van der Waals surface area contributed by atoms with Crippen molar-refractivity contribution in [1.82, 2.24) is 9.80 Å². The maximum Gasteiger partial charge on any atom is 0.333 e. The number of barbiturate groups is 1. The number of imide groups is 2. The van der Waals surface area contributed by atoms with Crippen LogP contribution in [0.3, 0.4) is 0 Å². The van der Waals surface area contributed by atoms with Gasteiger partial charge in [-0.1, -0.05) is 0 Å². The fourth-order valence-electron chi connectivity index (χ4n) is 1.14. The van der Waals surface area contributed by atoms with E-state index in [1.54, 1.807) is 12.5 Å². The molecule has 1 fully saturated rings. The van der Waals surface area contributed by atoms with Gasteiger partial charge in [-0.3, -0.25) is 19.4 Å². The molecule has 1 rings (SSSR count). The third-order valence-electron chi connectivity index (χ3n) is 1.98. The van der Waals surface area contributed by atoms with E-state index >= 15 is 0 Å². The van der Waals surface area contributed by atoms with E-state index < -0.39 is 28.3 Å². The summed E-state index contributed by atoms with van der Waals surface area (Å²) in [6.07, 6.45) is 3.56. The highest BCUT2D eigenvalue weighted by Gasteiger charge is 2.38. The first-order chi connectivity index (χ1) is 6.37. The van der Waals surface area contributed by atoms with Crippen LogP contribution >= 0.6 is 10.5 Å². The Morgan fingerprint density at radius 2 is 1.29 bits per heavy atom. The lowest BCUT2D eigenvalue weighted by molar-refractivity contribution is -0.128. The summed E-state index contributed by atoms with van der Waals surface area (Å²) in [6.45, 7) is 0. The van der Waals surface area contributed by atoms with Crippen LogP contribution in [0.5, 0.6) is 0 Å². The summed E-state index contributed by atoms with van der Waals surface area (Å²) < 4.78 is 0. The Morgan fingerprint density at radius 3 is 1.57 bits per heavy atom. The summed E-state index contributed by atoms with van der Waals surface area (Å²) in [5.74, 6) is -0.960. The van der Waals surface area contributed by atoms with E-state index in [2.05, 4.69) is 0 Å². The molecule has 1 saturated heterocycles. The van der Waals surface area contributed by atoms with Crippen LogP contribution in [0, 0.1) is 0 Å². The van der Waals surface area contributed by atoms with Gasteiger partial charge >= 0.3 is 6.03 Å². The summed E-state index contributed by atoms with van der Waals surface area (Å²) in [7, 11) is 2.31. The van der Waals surface area contributed by atoms with Crippen LogP contribution in [0.1, 0.15) is 0 Å². The van der Waals surface area contributed by atoms with E-state index in [4.69, 9.17) is 0 Å². The number of hydrogen-bond donors (Lipinski definition) is 0. The van der Waals surface area contributed by atoms with E-state index in [1.807, 2.05) is 0 Å². The molecule has 0 unspecified atom stereocenters. The molecule has 0 aromatic heterocycles. The minimum absolute atomic E-state index is 0.189. The largest absolute Gasteiger partial charge is 0.333 e. The molecule has 0 N–H and O–H groups in total. The molecule has 1 heterocycles. The number of carbonyl (C=O) groups excluding carboxylic acids is 3. The zero-order valence-electron chi connectivity index (χ0n) is 8.53. The number of hydrogen-bond acceptors (Lipinski definition) is 3. The quantitative estimate of drug-likeness (QED) is 0.524. The predicted octanol–water partition coefficient (Wildman–Crippen LogP) is -0.262. The van der Waals surface area contributed by atoms with Gasteiger partial charge in [0.25, 0.3) is 11.8 Å². The molecule has 14 heavy (non-hydrogen) atoms. The van der Waals surface area contributed by atoms with Gasteiger partial charge in [0.05, 0.1) is 0 Å². The average Bonchev–Trinajstić information content (AvgIpc) is 2.11. The molecule has 0 atom stereocenters. The Morgan fingerprint density at radius 1 is 0.929 bits per heavy atom. The second-order valence-electron chi connectivity index (χ2n) is 3.16. The third kappa shape index (κ3) is 1.45. The lowest BCUT2D eigenvalue weighted by Gasteiger charge is -2.29. The van der Waals surface area contributed by atoms with Gasteiger partial charge in [0.2, 0.25) is 0 Å². The first-order valence-electron chi connectivity index (χ1n) is 3.92. The zero-order chi connectivity index (χ0) is 11.0. The molecule has 0 spiro atoms. The molecule has 0 bridgehead atoms. The van der Waals surface area contributed by atoms with Crippen molar-refractivity contribution in [2.24, 2.45) is 0 Å². The molecule has 0 radical (unpaired) electrons. The first-order valence-corrected chi connectivity index (χ1v) is 5.96. The Hall–Kier alpha value is -1.17. The highest BCUT2D eigenvalue weighted by Crippen LogP contribution is 2.14. The van der Waals surface area contributed by atoms with Crippen LogP contribution in [-0.4, -0.2) is 59.1 Å². The van der Waals surface area contributed by atoms with Crippen molar-refractivity contribution in [2.45, 2.75) is 0 Å². The Balaban J connectivity index is 3.25. The molecule has 0 aromatic rings. The lowest BCUT2D eigenvalue weighted by Crippen LogP contribution is -2.57. The first kappa shape index (κ1) is 10.9. The summed E-state index contributed by atoms with van der Waals surface area (Å²) in [6, 6.07) is -0.575. The van der Waals surface area contributed by atoms with Crippen molar-refractivity contribution in [2.75, 3.05) is 26.6 Å². The number of carbonyl (C=O) groups is 3. The predicted molar refractivity (Wildman–Crippen MR) is 55.4 cm³/mol. The van der Waals surface area contributed by atoms with Crippen molar-refractivity contribution >= 4 is 33.2 Å². The van der Waals surface area contributed by atoms with E-state index in [0.29, 0.717) is 0 Å². The molecule has 6 heteroatoms. The molecule has 78 valence electrons. The molecule has 4 amide bonds. The number of amides is 4. The highest BCUT2D eigenvalue weighted by molar-refractivity contribution is 8.16. The van der Waals surface area contributed by atoms with Gasteiger partial charge in [0.15, 0.2) is 0 Å². The average molecular weight is 216 g/mol. The fourth-order valence-corrected chi connectivity index (χ4v) is 2.12. The van der Waals surface area contributed by atoms with Crippen LogP contribution in [0.25, 0.3) is 0 Å². The maximum atomic E-state index is 11.6.